The Bertz CT molecular complexity index is 1210. The molecule has 0 bridgehead atoms. The third kappa shape index (κ3) is 3.44. The number of carbonyl (C=O) groups is 1. The highest BCUT2D eigenvalue weighted by atomic mass is 19.4. The van der Waals surface area contributed by atoms with Crippen LogP contribution in [-0.4, -0.2) is 24.8 Å². The fourth-order valence-corrected chi connectivity index (χ4v) is 3.31. The van der Waals surface area contributed by atoms with E-state index in [1.54, 1.807) is 43.2 Å². The molecular weight excluding hydrogens is 399 g/mol. The first-order chi connectivity index (χ1) is 14.3. The summed E-state index contributed by atoms with van der Waals surface area (Å²) in [6.45, 7) is 1.93. The number of aryl methyl sites for hydroxylation is 2. The number of aromatic nitrogens is 4. The van der Waals surface area contributed by atoms with Crippen LogP contribution in [0.4, 0.5) is 13.2 Å². The lowest BCUT2D eigenvalue weighted by atomic mass is 10.1. The molecule has 7 nitrogen and oxygen atoms in total. The number of hydrogen-bond acceptors (Lipinski definition) is 4. The molecule has 156 valence electrons. The van der Waals surface area contributed by atoms with Crippen molar-refractivity contribution in [2.45, 2.75) is 26.1 Å². The lowest BCUT2D eigenvalue weighted by molar-refractivity contribution is -0.136. The van der Waals surface area contributed by atoms with Gasteiger partial charge in [0.1, 0.15) is 17.1 Å². The number of rotatable bonds is 5. The summed E-state index contributed by atoms with van der Waals surface area (Å²) in [7, 11) is 1.78. The van der Waals surface area contributed by atoms with E-state index in [-0.39, 0.29) is 23.4 Å². The Balaban J connectivity index is 1.81. The first-order valence-corrected chi connectivity index (χ1v) is 9.19. The Morgan fingerprint density at radius 3 is 2.73 bits per heavy atom. The zero-order chi connectivity index (χ0) is 21.5. The number of nitrogens with zero attached hydrogens (tertiary/aromatic N) is 4. The summed E-state index contributed by atoms with van der Waals surface area (Å²) < 4.78 is 49.6. The molecule has 4 aromatic heterocycles. The maximum absolute atomic E-state index is 13.8. The summed E-state index contributed by atoms with van der Waals surface area (Å²) in [5.41, 5.74) is 0.0836. The Hall–Kier alpha value is -3.56. The van der Waals surface area contributed by atoms with E-state index in [0.29, 0.717) is 17.9 Å². The van der Waals surface area contributed by atoms with E-state index in [2.05, 4.69) is 15.3 Å². The largest absolute Gasteiger partial charge is 0.464 e. The minimum absolute atomic E-state index is 0.0400. The number of alkyl halides is 3. The van der Waals surface area contributed by atoms with Crippen LogP contribution in [0.25, 0.3) is 17.0 Å². The lowest BCUT2D eigenvalue weighted by Gasteiger charge is -2.11. The molecule has 0 spiro atoms. The van der Waals surface area contributed by atoms with Gasteiger partial charge in [-0.3, -0.25) is 4.79 Å². The molecule has 0 radical (unpaired) electrons. The number of carbonyl (C=O) groups excluding carboxylic acids is 1. The second-order valence-electron chi connectivity index (χ2n) is 6.75. The van der Waals surface area contributed by atoms with Crippen molar-refractivity contribution in [3.05, 3.63) is 65.8 Å². The van der Waals surface area contributed by atoms with Crippen LogP contribution in [0.15, 0.2) is 47.6 Å². The van der Waals surface area contributed by atoms with Gasteiger partial charge >= 0.3 is 6.18 Å². The zero-order valence-electron chi connectivity index (χ0n) is 16.2. The summed E-state index contributed by atoms with van der Waals surface area (Å²) in [6.07, 6.45) is 1.75. The molecule has 0 saturated carbocycles. The van der Waals surface area contributed by atoms with E-state index >= 15 is 0 Å². The molecule has 4 rings (SSSR count). The maximum atomic E-state index is 13.8. The van der Waals surface area contributed by atoms with Gasteiger partial charge in [-0.2, -0.15) is 13.2 Å². The molecule has 0 aromatic carbocycles. The molecular formula is C20H18F3N5O2. The number of imidazole rings is 2. The normalized spacial score (nSPS) is 11.9. The maximum Gasteiger partial charge on any atom is 0.420 e. The van der Waals surface area contributed by atoms with Crippen molar-refractivity contribution in [2.75, 3.05) is 0 Å². The number of fused-ring (bicyclic) bond motifs is 1. The number of furan rings is 1. The van der Waals surface area contributed by atoms with Crippen LogP contribution in [-0.2, 0) is 26.2 Å². The fraction of sp³-hybridized carbons (Fsp3) is 0.250. The van der Waals surface area contributed by atoms with Crippen LogP contribution in [0.3, 0.4) is 0 Å². The van der Waals surface area contributed by atoms with Gasteiger partial charge in [0.2, 0.25) is 0 Å². The van der Waals surface area contributed by atoms with Crippen LogP contribution >= 0.6 is 0 Å². The van der Waals surface area contributed by atoms with Gasteiger partial charge in [-0.25, -0.2) is 9.97 Å². The monoisotopic (exact) mass is 417 g/mol. The number of pyridine rings is 1. The second-order valence-corrected chi connectivity index (χ2v) is 6.75. The van der Waals surface area contributed by atoms with Crippen molar-refractivity contribution >= 4 is 11.6 Å². The standard InChI is InChI=1S/C20H18F3N5O2/c1-3-15-17(19(29)25-9-13-8-24-11-27(13)2)26-18-14(20(21,22)23)7-12(10-28(15)18)16-5-4-6-30-16/h4-8,10-11H,3,9H2,1-2H3,(H,25,29). The molecule has 0 unspecified atom stereocenters. The van der Waals surface area contributed by atoms with Gasteiger partial charge in [-0.05, 0) is 24.6 Å². The van der Waals surface area contributed by atoms with E-state index in [1.807, 2.05) is 0 Å². The van der Waals surface area contributed by atoms with Crippen molar-refractivity contribution in [3.63, 3.8) is 0 Å². The van der Waals surface area contributed by atoms with Crippen molar-refractivity contribution in [1.29, 1.82) is 0 Å². The molecule has 1 amide bonds. The third-order valence-electron chi connectivity index (χ3n) is 4.83. The van der Waals surface area contributed by atoms with Gasteiger partial charge < -0.3 is 18.7 Å². The average Bonchev–Trinajstić information content (AvgIpc) is 3.43. The highest BCUT2D eigenvalue weighted by Crippen LogP contribution is 2.36. The molecule has 10 heteroatoms. The third-order valence-corrected chi connectivity index (χ3v) is 4.83. The number of halogens is 3. The molecule has 0 aliphatic heterocycles. The predicted molar refractivity (Wildman–Crippen MR) is 102 cm³/mol. The number of amides is 1. The fourth-order valence-electron chi connectivity index (χ4n) is 3.31. The topological polar surface area (TPSA) is 77.4 Å². The quantitative estimate of drug-likeness (QED) is 0.535. The van der Waals surface area contributed by atoms with Gasteiger partial charge in [0, 0.05) is 25.0 Å². The molecule has 0 fully saturated rings. The number of hydrogen-bond donors (Lipinski definition) is 1. The van der Waals surface area contributed by atoms with Gasteiger partial charge in [-0.15, -0.1) is 0 Å². The van der Waals surface area contributed by atoms with Gasteiger partial charge in [-0.1, -0.05) is 6.92 Å². The van der Waals surface area contributed by atoms with E-state index in [0.717, 1.165) is 11.8 Å². The molecule has 4 aromatic rings. The smallest absolute Gasteiger partial charge is 0.420 e. The van der Waals surface area contributed by atoms with E-state index in [9.17, 15) is 18.0 Å². The van der Waals surface area contributed by atoms with Crippen LogP contribution in [0.5, 0.6) is 0 Å². The van der Waals surface area contributed by atoms with Crippen molar-refractivity contribution in [1.82, 2.24) is 24.3 Å². The highest BCUT2D eigenvalue weighted by molar-refractivity contribution is 5.94. The summed E-state index contributed by atoms with van der Waals surface area (Å²) >= 11 is 0. The molecule has 0 aliphatic rings. The van der Waals surface area contributed by atoms with Crippen molar-refractivity contribution < 1.29 is 22.4 Å². The summed E-state index contributed by atoms with van der Waals surface area (Å²) in [5, 5.41) is 2.70. The minimum atomic E-state index is -4.65. The summed E-state index contributed by atoms with van der Waals surface area (Å²) in [5.74, 6) is -0.259. The predicted octanol–water partition coefficient (Wildman–Crippen LogP) is 3.84. The van der Waals surface area contributed by atoms with E-state index in [4.69, 9.17) is 4.42 Å². The molecule has 0 aliphatic carbocycles. The van der Waals surface area contributed by atoms with Gasteiger partial charge in [0.15, 0.2) is 0 Å². The Morgan fingerprint density at radius 2 is 2.13 bits per heavy atom. The Kier molecular flexibility index (Phi) is 4.84. The summed E-state index contributed by atoms with van der Waals surface area (Å²) in [6, 6.07) is 4.15. The lowest BCUT2D eigenvalue weighted by Crippen LogP contribution is -2.25. The van der Waals surface area contributed by atoms with Crippen LogP contribution in [0.1, 0.15) is 34.4 Å². The van der Waals surface area contributed by atoms with Gasteiger partial charge in [0.05, 0.1) is 36.1 Å². The Morgan fingerprint density at radius 1 is 1.33 bits per heavy atom. The molecule has 1 N–H and O–H groups in total. The van der Waals surface area contributed by atoms with Crippen molar-refractivity contribution in [3.8, 4) is 11.3 Å². The first-order valence-electron chi connectivity index (χ1n) is 9.19. The van der Waals surface area contributed by atoms with Gasteiger partial charge in [0.25, 0.3) is 5.91 Å². The zero-order valence-corrected chi connectivity index (χ0v) is 16.2. The van der Waals surface area contributed by atoms with E-state index < -0.39 is 17.6 Å². The highest BCUT2D eigenvalue weighted by Gasteiger charge is 2.36. The molecule has 30 heavy (non-hydrogen) atoms. The van der Waals surface area contributed by atoms with Crippen molar-refractivity contribution in [2.24, 2.45) is 7.05 Å². The average molecular weight is 417 g/mol. The SMILES string of the molecule is CCc1c(C(=O)NCc2cncn2C)nc2c(C(F)(F)F)cc(-c3ccco3)cn12. The number of nitrogens with one attached hydrogen (secondary N) is 1. The molecule has 0 saturated heterocycles. The Labute approximate surface area is 169 Å². The minimum Gasteiger partial charge on any atom is -0.464 e. The van der Waals surface area contributed by atoms with Crippen LogP contribution in [0.2, 0.25) is 0 Å². The molecule has 4 heterocycles. The summed E-state index contributed by atoms with van der Waals surface area (Å²) in [4.78, 5) is 20.8. The second kappa shape index (κ2) is 7.36. The first kappa shape index (κ1) is 19.7. The van der Waals surface area contributed by atoms with Crippen LogP contribution < -0.4 is 5.32 Å². The molecule has 0 atom stereocenters. The van der Waals surface area contributed by atoms with Crippen LogP contribution in [0, 0.1) is 0 Å². The van der Waals surface area contributed by atoms with E-state index in [1.165, 1.54) is 16.9 Å².